The van der Waals surface area contributed by atoms with Crippen molar-refractivity contribution in [3.8, 4) is 11.4 Å². The molecule has 0 aliphatic heterocycles. The Kier molecular flexibility index (Phi) is 8.15. The Hall–Kier alpha value is -4.37. The molecule has 0 radical (unpaired) electrons. The SMILES string of the molecule is C[C@H](c1ccccc1)N(CCc1nc(-c2cccc([N+](=O)[O-])c2)no1)C(=O)COCc1ccccc1. The van der Waals surface area contributed by atoms with E-state index in [1.165, 1.54) is 12.1 Å². The number of nitro groups is 1. The lowest BCUT2D eigenvalue weighted by atomic mass is 10.1. The van der Waals surface area contributed by atoms with E-state index >= 15 is 0 Å². The second kappa shape index (κ2) is 11.9. The number of hydrogen-bond acceptors (Lipinski definition) is 7. The number of ether oxygens (including phenoxy) is 1. The number of carbonyl (C=O) groups is 1. The molecule has 0 N–H and O–H groups in total. The van der Waals surface area contributed by atoms with Crippen molar-refractivity contribution < 1.29 is 19.0 Å². The number of amides is 1. The van der Waals surface area contributed by atoms with Gasteiger partial charge in [0.25, 0.3) is 5.69 Å². The number of carbonyl (C=O) groups excluding carboxylic acids is 1. The summed E-state index contributed by atoms with van der Waals surface area (Å²) in [6.45, 7) is 2.58. The molecule has 9 nitrogen and oxygen atoms in total. The maximum absolute atomic E-state index is 13.2. The Labute approximate surface area is 208 Å². The first-order valence-electron chi connectivity index (χ1n) is 11.5. The summed E-state index contributed by atoms with van der Waals surface area (Å²) < 4.78 is 11.1. The zero-order chi connectivity index (χ0) is 25.3. The van der Waals surface area contributed by atoms with Crippen molar-refractivity contribution in [1.29, 1.82) is 0 Å². The van der Waals surface area contributed by atoms with E-state index in [2.05, 4.69) is 10.1 Å². The van der Waals surface area contributed by atoms with E-state index in [1.807, 2.05) is 67.6 Å². The molecule has 1 heterocycles. The summed E-state index contributed by atoms with van der Waals surface area (Å²) in [6.07, 6.45) is 0.323. The van der Waals surface area contributed by atoms with E-state index in [4.69, 9.17) is 9.26 Å². The minimum Gasteiger partial charge on any atom is -0.367 e. The molecule has 184 valence electrons. The van der Waals surface area contributed by atoms with Crippen LogP contribution in [0.1, 0.15) is 30.0 Å². The van der Waals surface area contributed by atoms with Crippen LogP contribution in [0.4, 0.5) is 5.69 Å². The average molecular weight is 487 g/mol. The summed E-state index contributed by atoms with van der Waals surface area (Å²) >= 11 is 0. The lowest BCUT2D eigenvalue weighted by molar-refractivity contribution is -0.384. The molecule has 1 aromatic heterocycles. The fourth-order valence-corrected chi connectivity index (χ4v) is 3.81. The predicted molar refractivity (Wildman–Crippen MR) is 133 cm³/mol. The minimum atomic E-state index is -0.473. The van der Waals surface area contributed by atoms with Gasteiger partial charge in [-0.3, -0.25) is 14.9 Å². The van der Waals surface area contributed by atoms with Crippen molar-refractivity contribution in [3.05, 3.63) is 112 Å². The predicted octanol–water partition coefficient (Wildman–Crippen LogP) is 4.99. The van der Waals surface area contributed by atoms with Gasteiger partial charge in [0.2, 0.25) is 17.6 Å². The van der Waals surface area contributed by atoms with Gasteiger partial charge < -0.3 is 14.2 Å². The molecule has 3 aromatic carbocycles. The van der Waals surface area contributed by atoms with E-state index in [0.717, 1.165) is 11.1 Å². The van der Waals surface area contributed by atoms with E-state index in [0.29, 0.717) is 31.0 Å². The van der Waals surface area contributed by atoms with Crippen LogP contribution in [0.5, 0.6) is 0 Å². The standard InChI is InChI=1S/C27H26N4O5/c1-20(22-11-6-3-7-12-22)30(26(32)19-35-18-21-9-4-2-5-10-21)16-15-25-28-27(29-36-25)23-13-8-14-24(17-23)31(33)34/h2-14,17,20H,15-16,18-19H2,1H3/t20-/m1/s1. The summed E-state index contributed by atoms with van der Waals surface area (Å²) in [6, 6.07) is 25.3. The van der Waals surface area contributed by atoms with Gasteiger partial charge in [0.15, 0.2) is 0 Å². The van der Waals surface area contributed by atoms with Crippen LogP contribution in [0.25, 0.3) is 11.4 Å². The normalized spacial score (nSPS) is 11.7. The Bertz CT molecular complexity index is 1290. The third kappa shape index (κ3) is 6.39. The van der Waals surface area contributed by atoms with Crippen LogP contribution in [0.2, 0.25) is 0 Å². The molecular formula is C27H26N4O5. The quantitative estimate of drug-likeness (QED) is 0.217. The third-order valence-corrected chi connectivity index (χ3v) is 5.76. The van der Waals surface area contributed by atoms with Crippen molar-refractivity contribution in [2.45, 2.75) is 26.0 Å². The van der Waals surface area contributed by atoms with Crippen LogP contribution >= 0.6 is 0 Å². The number of benzene rings is 3. The van der Waals surface area contributed by atoms with Gasteiger partial charge in [0.1, 0.15) is 6.61 Å². The molecule has 1 atom stereocenters. The second-order valence-electron chi connectivity index (χ2n) is 8.22. The van der Waals surface area contributed by atoms with Gasteiger partial charge in [-0.05, 0) is 18.1 Å². The lowest BCUT2D eigenvalue weighted by Gasteiger charge is -2.29. The van der Waals surface area contributed by atoms with Crippen LogP contribution in [0.3, 0.4) is 0 Å². The van der Waals surface area contributed by atoms with Crippen molar-refractivity contribution >= 4 is 11.6 Å². The lowest BCUT2D eigenvalue weighted by Crippen LogP contribution is -2.37. The first-order valence-corrected chi connectivity index (χ1v) is 11.5. The van der Waals surface area contributed by atoms with Crippen molar-refractivity contribution in [2.24, 2.45) is 0 Å². The van der Waals surface area contributed by atoms with Gasteiger partial charge in [0.05, 0.1) is 17.6 Å². The average Bonchev–Trinajstić information content (AvgIpc) is 3.39. The maximum atomic E-state index is 13.2. The highest BCUT2D eigenvalue weighted by Crippen LogP contribution is 2.23. The molecule has 0 bridgehead atoms. The molecule has 0 spiro atoms. The van der Waals surface area contributed by atoms with Crippen molar-refractivity contribution in [3.63, 3.8) is 0 Å². The zero-order valence-corrected chi connectivity index (χ0v) is 19.8. The summed E-state index contributed by atoms with van der Waals surface area (Å²) in [7, 11) is 0. The van der Waals surface area contributed by atoms with Gasteiger partial charge >= 0.3 is 0 Å². The van der Waals surface area contributed by atoms with Crippen LogP contribution in [0, 0.1) is 10.1 Å². The van der Waals surface area contributed by atoms with Gasteiger partial charge in [-0.1, -0.05) is 78.0 Å². The van der Waals surface area contributed by atoms with Crippen LogP contribution in [-0.2, 0) is 22.6 Å². The summed E-state index contributed by atoms with van der Waals surface area (Å²) in [5, 5.41) is 15.0. The molecule has 0 aliphatic carbocycles. The molecule has 1 amide bonds. The number of nitrogens with zero attached hydrogens (tertiary/aromatic N) is 4. The Morgan fingerprint density at radius 1 is 1.06 bits per heavy atom. The molecule has 0 aliphatic rings. The molecular weight excluding hydrogens is 460 g/mol. The second-order valence-corrected chi connectivity index (χ2v) is 8.22. The summed E-state index contributed by atoms with van der Waals surface area (Å²) in [4.78, 5) is 29.9. The topological polar surface area (TPSA) is 112 Å². The fourth-order valence-electron chi connectivity index (χ4n) is 3.81. The monoisotopic (exact) mass is 486 g/mol. The van der Waals surface area contributed by atoms with Gasteiger partial charge in [0, 0.05) is 30.7 Å². The van der Waals surface area contributed by atoms with E-state index in [1.54, 1.807) is 17.0 Å². The Morgan fingerprint density at radius 2 is 1.78 bits per heavy atom. The summed E-state index contributed by atoms with van der Waals surface area (Å²) in [5.74, 6) is 0.439. The minimum absolute atomic E-state index is 0.0530. The van der Waals surface area contributed by atoms with Crippen LogP contribution in [0.15, 0.2) is 89.5 Å². The highest BCUT2D eigenvalue weighted by atomic mass is 16.6. The first-order chi connectivity index (χ1) is 17.5. The zero-order valence-electron chi connectivity index (χ0n) is 19.8. The molecule has 4 aromatic rings. The molecule has 36 heavy (non-hydrogen) atoms. The van der Waals surface area contributed by atoms with Crippen molar-refractivity contribution in [2.75, 3.05) is 13.2 Å². The fraction of sp³-hybridized carbons (Fsp3) is 0.222. The highest BCUT2D eigenvalue weighted by Gasteiger charge is 2.23. The van der Waals surface area contributed by atoms with Crippen LogP contribution < -0.4 is 0 Å². The van der Waals surface area contributed by atoms with Gasteiger partial charge in [-0.2, -0.15) is 4.98 Å². The molecule has 4 rings (SSSR count). The van der Waals surface area contributed by atoms with E-state index < -0.39 is 4.92 Å². The Morgan fingerprint density at radius 3 is 2.50 bits per heavy atom. The van der Waals surface area contributed by atoms with Gasteiger partial charge in [-0.15, -0.1) is 0 Å². The summed E-state index contributed by atoms with van der Waals surface area (Å²) in [5.41, 5.74) is 2.42. The smallest absolute Gasteiger partial charge is 0.270 e. The molecule has 9 heteroatoms. The molecule has 0 fully saturated rings. The number of aromatic nitrogens is 2. The number of rotatable bonds is 11. The molecule has 0 unspecified atom stereocenters. The number of nitro benzene ring substituents is 1. The largest absolute Gasteiger partial charge is 0.367 e. The van der Waals surface area contributed by atoms with Crippen LogP contribution in [-0.4, -0.2) is 39.0 Å². The Balaban J connectivity index is 1.44. The molecule has 0 saturated carbocycles. The van der Waals surface area contributed by atoms with E-state index in [9.17, 15) is 14.9 Å². The number of hydrogen-bond donors (Lipinski definition) is 0. The molecule has 0 saturated heterocycles. The third-order valence-electron chi connectivity index (χ3n) is 5.76. The first kappa shape index (κ1) is 24.7. The highest BCUT2D eigenvalue weighted by molar-refractivity contribution is 5.78. The maximum Gasteiger partial charge on any atom is 0.270 e. The van der Waals surface area contributed by atoms with E-state index in [-0.39, 0.29) is 30.1 Å². The number of non-ortho nitro benzene ring substituents is 1. The van der Waals surface area contributed by atoms with Crippen molar-refractivity contribution in [1.82, 2.24) is 15.0 Å². The van der Waals surface area contributed by atoms with Gasteiger partial charge in [-0.25, -0.2) is 0 Å².